The lowest BCUT2D eigenvalue weighted by molar-refractivity contribution is -0.149. The number of unbranched alkanes of at least 4 members (excludes halogenated alkanes) is 8. The molecule has 0 fully saturated rings. The molecule has 1 amide bonds. The lowest BCUT2D eigenvalue weighted by atomic mass is 10.1. The van der Waals surface area contributed by atoms with Crippen LogP contribution < -0.4 is 5.48 Å². The van der Waals surface area contributed by atoms with Crippen molar-refractivity contribution in [2.75, 3.05) is 6.61 Å². The molecule has 0 unspecified atom stereocenters. The summed E-state index contributed by atoms with van der Waals surface area (Å²) in [5, 5.41) is 0. The van der Waals surface area contributed by atoms with Gasteiger partial charge in [-0.2, -0.15) is 0 Å². The highest BCUT2D eigenvalue weighted by Crippen LogP contribution is 2.09. The second-order valence-corrected chi connectivity index (χ2v) is 5.29. The van der Waals surface area contributed by atoms with Gasteiger partial charge in [-0.1, -0.05) is 65.2 Å². The van der Waals surface area contributed by atoms with Crippen LogP contribution >= 0.6 is 0 Å². The molecule has 124 valence electrons. The number of nitrogens with one attached hydrogen (secondary N) is 1. The van der Waals surface area contributed by atoms with Gasteiger partial charge in [0.2, 0.25) is 0 Å². The van der Waals surface area contributed by atoms with E-state index in [-0.39, 0.29) is 0 Å². The van der Waals surface area contributed by atoms with Crippen LogP contribution in [0.1, 0.15) is 84.5 Å². The molecule has 0 heterocycles. The van der Waals surface area contributed by atoms with Crippen molar-refractivity contribution in [2.24, 2.45) is 0 Å². The molecule has 0 bridgehead atoms. The summed E-state index contributed by atoms with van der Waals surface area (Å²) in [5.41, 5.74) is 2.01. The smallest absolute Gasteiger partial charge is 0.440 e. The zero-order chi connectivity index (χ0) is 15.8. The second-order valence-electron chi connectivity index (χ2n) is 5.29. The van der Waals surface area contributed by atoms with Gasteiger partial charge in [0.05, 0.1) is 6.61 Å². The van der Waals surface area contributed by atoms with Crippen LogP contribution in [0.15, 0.2) is 0 Å². The summed E-state index contributed by atoms with van der Waals surface area (Å²) in [4.78, 5) is 27.1. The van der Waals surface area contributed by atoms with Gasteiger partial charge in [-0.3, -0.25) is 0 Å². The van der Waals surface area contributed by atoms with E-state index in [0.717, 1.165) is 32.1 Å². The SMILES string of the molecule is CCCCCCCCCCC(=O)ONC(=O)OCCCC. The van der Waals surface area contributed by atoms with Crippen LogP contribution in [0.5, 0.6) is 0 Å². The van der Waals surface area contributed by atoms with Crippen LogP contribution in [0, 0.1) is 0 Å². The molecule has 0 aliphatic rings. The predicted octanol–water partition coefficient (Wildman–Crippen LogP) is 4.50. The van der Waals surface area contributed by atoms with Crippen LogP contribution in [0.4, 0.5) is 4.79 Å². The summed E-state index contributed by atoms with van der Waals surface area (Å²) < 4.78 is 4.80. The topological polar surface area (TPSA) is 64.6 Å². The van der Waals surface area contributed by atoms with Gasteiger partial charge in [0.1, 0.15) is 0 Å². The minimum atomic E-state index is -0.701. The number of rotatable bonds is 12. The molecule has 0 saturated heterocycles. The highest BCUT2D eigenvalue weighted by atomic mass is 16.7. The molecule has 0 radical (unpaired) electrons. The van der Waals surface area contributed by atoms with Crippen LogP contribution in [0.25, 0.3) is 0 Å². The maximum absolute atomic E-state index is 11.4. The number of hydrogen-bond acceptors (Lipinski definition) is 4. The standard InChI is InChI=1S/C16H31NO4/c1-3-5-7-8-9-10-11-12-13-15(18)21-17-16(19)20-14-6-4-2/h3-14H2,1-2H3,(H,17,19). The van der Waals surface area contributed by atoms with Gasteiger partial charge in [-0.25, -0.2) is 9.59 Å². The number of amides is 1. The minimum Gasteiger partial charge on any atom is -0.447 e. The van der Waals surface area contributed by atoms with Gasteiger partial charge in [0, 0.05) is 6.42 Å². The number of ether oxygens (including phenoxy) is 1. The number of hydrogen-bond donors (Lipinski definition) is 1. The molecular formula is C16H31NO4. The molecule has 0 aromatic heterocycles. The number of carbonyl (C=O) groups is 2. The predicted molar refractivity (Wildman–Crippen MR) is 82.7 cm³/mol. The maximum atomic E-state index is 11.4. The molecule has 1 N–H and O–H groups in total. The van der Waals surface area contributed by atoms with Crippen molar-refractivity contribution in [3.05, 3.63) is 0 Å². The average Bonchev–Trinajstić information content (AvgIpc) is 2.48. The van der Waals surface area contributed by atoms with Crippen LogP contribution in [0.3, 0.4) is 0 Å². The zero-order valence-electron chi connectivity index (χ0n) is 13.6. The van der Waals surface area contributed by atoms with Crippen molar-refractivity contribution < 1.29 is 19.2 Å². The Morgan fingerprint density at radius 1 is 0.810 bits per heavy atom. The Balaban J connectivity index is 3.32. The first-order chi connectivity index (χ1) is 10.2. The maximum Gasteiger partial charge on any atom is 0.440 e. The van der Waals surface area contributed by atoms with Gasteiger partial charge < -0.3 is 9.57 Å². The lowest BCUT2D eigenvalue weighted by Gasteiger charge is -2.06. The average molecular weight is 301 g/mol. The van der Waals surface area contributed by atoms with E-state index in [4.69, 9.17) is 4.74 Å². The van der Waals surface area contributed by atoms with E-state index in [1.165, 1.54) is 32.1 Å². The molecule has 0 atom stereocenters. The molecule has 0 aromatic carbocycles. The summed E-state index contributed by atoms with van der Waals surface area (Å²) in [7, 11) is 0. The van der Waals surface area contributed by atoms with Gasteiger partial charge in [0.25, 0.3) is 0 Å². The Labute approximate surface area is 128 Å². The summed E-state index contributed by atoms with van der Waals surface area (Å²) in [6, 6.07) is 0. The van der Waals surface area contributed by atoms with Gasteiger partial charge >= 0.3 is 12.1 Å². The van der Waals surface area contributed by atoms with Crippen LogP contribution in [-0.2, 0) is 14.4 Å². The lowest BCUT2D eigenvalue weighted by Crippen LogP contribution is -2.27. The van der Waals surface area contributed by atoms with Gasteiger partial charge in [0.15, 0.2) is 0 Å². The number of carbonyl (C=O) groups excluding carboxylic acids is 2. The Kier molecular flexibility index (Phi) is 14.2. The Bertz CT molecular complexity index is 269. The Hall–Kier alpha value is -1.26. The first kappa shape index (κ1) is 19.7. The Morgan fingerprint density at radius 2 is 1.38 bits per heavy atom. The van der Waals surface area contributed by atoms with Crippen LogP contribution in [0.2, 0.25) is 0 Å². The third kappa shape index (κ3) is 15.0. The Morgan fingerprint density at radius 3 is 2.00 bits per heavy atom. The van der Waals surface area contributed by atoms with E-state index >= 15 is 0 Å². The molecule has 0 saturated carbocycles. The van der Waals surface area contributed by atoms with Crippen molar-refractivity contribution >= 4 is 12.1 Å². The number of hydroxylamine groups is 1. The largest absolute Gasteiger partial charge is 0.447 e. The fourth-order valence-electron chi connectivity index (χ4n) is 1.89. The first-order valence-corrected chi connectivity index (χ1v) is 8.33. The third-order valence-corrected chi connectivity index (χ3v) is 3.21. The van der Waals surface area contributed by atoms with E-state index in [0.29, 0.717) is 13.0 Å². The van der Waals surface area contributed by atoms with Crippen LogP contribution in [-0.4, -0.2) is 18.7 Å². The minimum absolute atomic E-state index is 0.338. The first-order valence-electron chi connectivity index (χ1n) is 8.33. The van der Waals surface area contributed by atoms with E-state index in [2.05, 4.69) is 11.8 Å². The molecule has 0 aliphatic carbocycles. The summed E-state index contributed by atoms with van der Waals surface area (Å²) in [6.07, 6.45) is 10.8. The molecule has 0 aliphatic heterocycles. The third-order valence-electron chi connectivity index (χ3n) is 3.21. The van der Waals surface area contributed by atoms with E-state index in [1.54, 1.807) is 0 Å². The quantitative estimate of drug-likeness (QED) is 0.426. The van der Waals surface area contributed by atoms with E-state index < -0.39 is 12.1 Å². The highest BCUT2D eigenvalue weighted by molar-refractivity contribution is 5.72. The summed E-state index contributed by atoms with van der Waals surface area (Å²) in [6.45, 7) is 4.56. The highest BCUT2D eigenvalue weighted by Gasteiger charge is 2.07. The molecule has 5 heteroatoms. The van der Waals surface area contributed by atoms with Crippen molar-refractivity contribution in [3.63, 3.8) is 0 Å². The molecule has 0 rings (SSSR count). The van der Waals surface area contributed by atoms with E-state index in [9.17, 15) is 9.59 Å². The second kappa shape index (κ2) is 15.1. The zero-order valence-corrected chi connectivity index (χ0v) is 13.6. The summed E-state index contributed by atoms with van der Waals surface area (Å²) in [5.74, 6) is -0.409. The van der Waals surface area contributed by atoms with Crippen molar-refractivity contribution in [1.82, 2.24) is 5.48 Å². The fraction of sp³-hybridized carbons (Fsp3) is 0.875. The summed E-state index contributed by atoms with van der Waals surface area (Å²) >= 11 is 0. The fourth-order valence-corrected chi connectivity index (χ4v) is 1.89. The molecular weight excluding hydrogens is 270 g/mol. The normalized spacial score (nSPS) is 10.2. The van der Waals surface area contributed by atoms with E-state index in [1.807, 2.05) is 12.4 Å². The van der Waals surface area contributed by atoms with Gasteiger partial charge in [-0.15, -0.1) is 5.48 Å². The van der Waals surface area contributed by atoms with Crippen molar-refractivity contribution in [1.29, 1.82) is 0 Å². The van der Waals surface area contributed by atoms with Gasteiger partial charge in [-0.05, 0) is 12.8 Å². The molecule has 5 nitrogen and oxygen atoms in total. The molecule has 0 aromatic rings. The van der Waals surface area contributed by atoms with Crippen molar-refractivity contribution in [3.8, 4) is 0 Å². The monoisotopic (exact) mass is 301 g/mol. The molecule has 21 heavy (non-hydrogen) atoms. The van der Waals surface area contributed by atoms with Crippen molar-refractivity contribution in [2.45, 2.75) is 84.5 Å². The molecule has 0 spiro atoms.